The molecule has 0 aliphatic carbocycles. The molecule has 0 aliphatic heterocycles. The summed E-state index contributed by atoms with van der Waals surface area (Å²) in [5.74, 6) is 0.773. The maximum absolute atomic E-state index is 3.69. The second kappa shape index (κ2) is 5.64. The van der Waals surface area contributed by atoms with Gasteiger partial charge in [-0.05, 0) is 5.92 Å². The predicted octanol–water partition coefficient (Wildman–Crippen LogP) is 0.683. The summed E-state index contributed by atoms with van der Waals surface area (Å²) in [7, 11) is 0. The molecule has 37 valence electrons. The van der Waals surface area contributed by atoms with Gasteiger partial charge in [0.1, 0.15) is 0 Å². The van der Waals surface area contributed by atoms with Crippen molar-refractivity contribution in [3.63, 3.8) is 0 Å². The van der Waals surface area contributed by atoms with Crippen molar-refractivity contribution in [3.05, 3.63) is 6.92 Å². The van der Waals surface area contributed by atoms with Crippen LogP contribution in [0.1, 0.15) is 20.3 Å². The van der Waals surface area contributed by atoms with Crippen LogP contribution in [0.3, 0.4) is 0 Å². The molecule has 0 aromatic heterocycles. The van der Waals surface area contributed by atoms with Crippen molar-refractivity contribution in [2.45, 2.75) is 20.3 Å². The van der Waals surface area contributed by atoms with E-state index < -0.39 is 0 Å². The molecule has 0 aromatic rings. The molecule has 1 heteroatoms. The molecule has 0 amide bonds. The van der Waals surface area contributed by atoms with Crippen molar-refractivity contribution in [2.24, 2.45) is 5.92 Å². The van der Waals surface area contributed by atoms with Gasteiger partial charge in [0, 0.05) is 0 Å². The van der Waals surface area contributed by atoms with E-state index in [1.807, 2.05) is 0 Å². The summed E-state index contributed by atoms with van der Waals surface area (Å²) in [6, 6.07) is 0. The molecule has 0 saturated carbocycles. The van der Waals surface area contributed by atoms with Crippen molar-refractivity contribution in [1.82, 2.24) is 0 Å². The Hall–Kier alpha value is 0.636. The molecule has 0 nitrogen and oxygen atoms in total. The van der Waals surface area contributed by atoms with Crippen LogP contribution in [0, 0.1) is 12.8 Å². The monoisotopic (exact) mass is 143 g/mol. The van der Waals surface area contributed by atoms with E-state index in [1.54, 1.807) is 0 Å². The van der Waals surface area contributed by atoms with Gasteiger partial charge in [-0.3, -0.25) is 0 Å². The van der Waals surface area contributed by atoms with E-state index in [2.05, 4.69) is 20.8 Å². The molecule has 0 bridgehead atoms. The Morgan fingerprint density at radius 3 is 1.67 bits per heavy atom. The average Bonchev–Trinajstić information content (AvgIpc) is 1.38. The van der Waals surface area contributed by atoms with Gasteiger partial charge in [0.05, 0.1) is 0 Å². The quantitative estimate of drug-likeness (QED) is 0.474. The van der Waals surface area contributed by atoms with E-state index in [9.17, 15) is 0 Å². The zero-order valence-electron chi connectivity index (χ0n) is 3.99. The van der Waals surface area contributed by atoms with Crippen LogP contribution < -0.4 is 0 Å². The second-order valence-electron chi connectivity index (χ2n) is 1.68. The Balaban J connectivity index is 0. The summed E-state index contributed by atoms with van der Waals surface area (Å²) in [4.78, 5) is 0. The number of hydrogen-bond donors (Lipinski definition) is 0. The van der Waals surface area contributed by atoms with Gasteiger partial charge in [-0.15, -0.1) is 0 Å². The minimum absolute atomic E-state index is 0. The van der Waals surface area contributed by atoms with Crippen molar-refractivity contribution >= 4 is 19.8 Å². The van der Waals surface area contributed by atoms with Crippen LogP contribution in [-0.4, -0.2) is 19.8 Å². The molecule has 0 saturated heterocycles. The van der Waals surface area contributed by atoms with Crippen LogP contribution in [0.5, 0.6) is 0 Å². The zero-order chi connectivity index (χ0) is 4.28. The van der Waals surface area contributed by atoms with E-state index in [-0.39, 0.29) is 19.8 Å². The van der Waals surface area contributed by atoms with Gasteiger partial charge < -0.3 is 0 Å². The van der Waals surface area contributed by atoms with Gasteiger partial charge in [-0.1, -0.05) is 27.2 Å². The van der Waals surface area contributed by atoms with Crippen LogP contribution in [0.4, 0.5) is 0 Å². The Labute approximate surface area is 53.4 Å². The first kappa shape index (κ1) is 9.81. The molecule has 0 unspecified atom stereocenters. The van der Waals surface area contributed by atoms with Crippen LogP contribution in [0.15, 0.2) is 0 Å². The van der Waals surface area contributed by atoms with Crippen molar-refractivity contribution in [3.8, 4) is 0 Å². The average molecular weight is 144 g/mol. The summed E-state index contributed by atoms with van der Waals surface area (Å²) >= 11 is 0. The molecular formula is C5H14Ga. The molecule has 0 fully saturated rings. The molecule has 0 N–H and O–H groups in total. The molecule has 6 heavy (non-hydrogen) atoms. The van der Waals surface area contributed by atoms with E-state index in [1.165, 1.54) is 0 Å². The molecule has 0 atom stereocenters. The third-order valence-electron chi connectivity index (χ3n) is 0.577. The predicted molar refractivity (Wildman–Crippen MR) is 34.8 cm³/mol. The Morgan fingerprint density at radius 1 is 1.50 bits per heavy atom. The Kier molecular flexibility index (Phi) is 9.21. The molecule has 0 spiro atoms. The summed E-state index contributed by atoms with van der Waals surface area (Å²) in [5.41, 5.74) is 0. The fraction of sp³-hybridized carbons (Fsp3) is 0.800. The Bertz CT molecular complexity index is 17.9. The standard InChI is InChI=1S/C5H11.Ga.3H/c1-4-5(2)3;;;;/h5H,1,4H2,2-3H3;;;;. The summed E-state index contributed by atoms with van der Waals surface area (Å²) in [5, 5.41) is 0. The zero-order valence-corrected chi connectivity index (χ0v) is 3.99. The molecule has 0 rings (SSSR count). The third kappa shape index (κ3) is 8.82. The topological polar surface area (TPSA) is 0 Å². The summed E-state index contributed by atoms with van der Waals surface area (Å²) in [6.07, 6.45) is 1.06. The molecule has 0 aliphatic rings. The Morgan fingerprint density at radius 2 is 1.67 bits per heavy atom. The van der Waals surface area contributed by atoms with Crippen molar-refractivity contribution in [1.29, 1.82) is 0 Å². The third-order valence-corrected chi connectivity index (χ3v) is 0.577. The molecular weight excluding hydrogens is 130 g/mol. The van der Waals surface area contributed by atoms with Gasteiger partial charge in [0.25, 0.3) is 0 Å². The minimum atomic E-state index is 0. The van der Waals surface area contributed by atoms with Crippen LogP contribution >= 0.6 is 0 Å². The first-order chi connectivity index (χ1) is 2.27. The van der Waals surface area contributed by atoms with E-state index >= 15 is 0 Å². The molecule has 1 radical (unpaired) electrons. The van der Waals surface area contributed by atoms with Gasteiger partial charge in [-0.2, -0.15) is 0 Å². The SMILES string of the molecule is [CH2]CC(C)C.[GaH3]. The van der Waals surface area contributed by atoms with Gasteiger partial charge in [0.2, 0.25) is 0 Å². The molecule has 0 aromatic carbocycles. The van der Waals surface area contributed by atoms with E-state index in [4.69, 9.17) is 0 Å². The van der Waals surface area contributed by atoms with E-state index in [0.717, 1.165) is 12.3 Å². The van der Waals surface area contributed by atoms with Crippen LogP contribution in [0.2, 0.25) is 0 Å². The fourth-order valence-corrected chi connectivity index (χ4v) is 0. The van der Waals surface area contributed by atoms with E-state index in [0.29, 0.717) is 0 Å². The normalized spacial score (nSPS) is 8.00. The van der Waals surface area contributed by atoms with Gasteiger partial charge >= 0.3 is 19.8 Å². The molecule has 0 heterocycles. The summed E-state index contributed by atoms with van der Waals surface area (Å²) in [6.45, 7) is 8.00. The van der Waals surface area contributed by atoms with Gasteiger partial charge in [0.15, 0.2) is 0 Å². The number of rotatable bonds is 1. The first-order valence-electron chi connectivity index (χ1n) is 2.06. The van der Waals surface area contributed by atoms with Crippen LogP contribution in [0.25, 0.3) is 0 Å². The number of hydrogen-bond acceptors (Lipinski definition) is 0. The first-order valence-corrected chi connectivity index (χ1v) is 2.06. The summed E-state index contributed by atoms with van der Waals surface area (Å²) < 4.78 is 0. The van der Waals surface area contributed by atoms with Gasteiger partial charge in [-0.25, -0.2) is 0 Å². The second-order valence-corrected chi connectivity index (χ2v) is 1.68. The van der Waals surface area contributed by atoms with Crippen LogP contribution in [-0.2, 0) is 0 Å². The van der Waals surface area contributed by atoms with Crippen molar-refractivity contribution < 1.29 is 0 Å². The maximum atomic E-state index is 3.69. The van der Waals surface area contributed by atoms with Crippen molar-refractivity contribution in [2.75, 3.05) is 0 Å². The fourth-order valence-electron chi connectivity index (χ4n) is 0.